The normalized spacial score (nSPS) is 22.3. The van der Waals surface area contributed by atoms with Crippen LogP contribution >= 0.6 is 0 Å². The molecule has 1 nitrogen and oxygen atoms in total. The maximum absolute atomic E-state index is 10.8. The van der Waals surface area contributed by atoms with Gasteiger partial charge in [0.25, 0.3) is 0 Å². The predicted octanol–water partition coefficient (Wildman–Crippen LogP) is 2.32. The summed E-state index contributed by atoms with van der Waals surface area (Å²) in [5.74, 6) is 1.13. The Labute approximate surface area is 62.1 Å². The van der Waals surface area contributed by atoms with Gasteiger partial charge in [-0.25, -0.2) is 0 Å². The van der Waals surface area contributed by atoms with Crippen molar-refractivity contribution in [2.45, 2.75) is 32.6 Å². The third kappa shape index (κ3) is 1.98. The highest BCUT2D eigenvalue weighted by Gasteiger charge is 2.15. The van der Waals surface area contributed by atoms with Gasteiger partial charge in [-0.1, -0.05) is 12.2 Å². The number of carbonyl (C=O) groups excluding carboxylic acids is 1. The molecule has 1 aliphatic carbocycles. The fraction of sp³-hybridized carbons (Fsp3) is 0.667. The van der Waals surface area contributed by atoms with Crippen LogP contribution in [0.1, 0.15) is 32.6 Å². The lowest BCUT2D eigenvalue weighted by Crippen LogP contribution is -2.11. The molecule has 1 aliphatic rings. The zero-order valence-electron chi connectivity index (χ0n) is 6.47. The number of rotatable bonds is 1. The highest BCUT2D eigenvalue weighted by molar-refractivity contribution is 5.79. The van der Waals surface area contributed by atoms with Gasteiger partial charge < -0.3 is 0 Å². The quantitative estimate of drug-likeness (QED) is 0.508. The van der Waals surface area contributed by atoms with E-state index in [1.807, 2.05) is 6.92 Å². The van der Waals surface area contributed by atoms with E-state index in [9.17, 15) is 4.79 Å². The molecule has 0 unspecified atom stereocenters. The minimum Gasteiger partial charge on any atom is -0.300 e. The molecule has 1 fully saturated rings. The molecule has 0 bridgehead atoms. The van der Waals surface area contributed by atoms with Crippen molar-refractivity contribution in [3.05, 3.63) is 12.2 Å². The third-order valence-electron chi connectivity index (χ3n) is 2.05. The van der Waals surface area contributed by atoms with Crippen molar-refractivity contribution in [2.75, 3.05) is 0 Å². The zero-order chi connectivity index (χ0) is 7.40. The Morgan fingerprint density at radius 1 is 1.40 bits per heavy atom. The van der Waals surface area contributed by atoms with Gasteiger partial charge in [0.05, 0.1) is 0 Å². The van der Waals surface area contributed by atoms with Crippen molar-refractivity contribution in [1.82, 2.24) is 0 Å². The SMILES string of the molecule is CC=CC1CCC(=O)CC1. The third-order valence-corrected chi connectivity index (χ3v) is 2.05. The van der Waals surface area contributed by atoms with Crippen LogP contribution < -0.4 is 0 Å². The lowest BCUT2D eigenvalue weighted by Gasteiger charge is -2.16. The van der Waals surface area contributed by atoms with Crippen molar-refractivity contribution in [2.24, 2.45) is 5.92 Å². The van der Waals surface area contributed by atoms with Gasteiger partial charge in [0.15, 0.2) is 0 Å². The lowest BCUT2D eigenvalue weighted by atomic mass is 9.88. The Morgan fingerprint density at radius 3 is 2.50 bits per heavy atom. The molecule has 0 saturated heterocycles. The van der Waals surface area contributed by atoms with Crippen LogP contribution in [0.2, 0.25) is 0 Å². The lowest BCUT2D eigenvalue weighted by molar-refractivity contribution is -0.120. The van der Waals surface area contributed by atoms with Gasteiger partial charge in [0, 0.05) is 12.8 Å². The summed E-state index contributed by atoms with van der Waals surface area (Å²) in [6.07, 6.45) is 8.04. The maximum Gasteiger partial charge on any atom is 0.132 e. The molecule has 0 spiro atoms. The fourth-order valence-corrected chi connectivity index (χ4v) is 1.43. The first kappa shape index (κ1) is 7.52. The molecular formula is C9H14O. The molecule has 0 heterocycles. The van der Waals surface area contributed by atoms with Gasteiger partial charge >= 0.3 is 0 Å². The Balaban J connectivity index is 2.32. The van der Waals surface area contributed by atoms with Gasteiger partial charge in [-0.15, -0.1) is 0 Å². The van der Waals surface area contributed by atoms with E-state index < -0.39 is 0 Å². The molecule has 1 rings (SSSR count). The Morgan fingerprint density at radius 2 is 2.00 bits per heavy atom. The van der Waals surface area contributed by atoms with E-state index in [-0.39, 0.29) is 0 Å². The predicted molar refractivity (Wildman–Crippen MR) is 41.8 cm³/mol. The number of allylic oxidation sites excluding steroid dienone is 2. The first-order valence-electron chi connectivity index (χ1n) is 3.97. The highest BCUT2D eigenvalue weighted by atomic mass is 16.1. The Kier molecular flexibility index (Phi) is 2.67. The molecule has 0 amide bonds. The summed E-state index contributed by atoms with van der Waals surface area (Å²) >= 11 is 0. The van der Waals surface area contributed by atoms with Crippen LogP contribution in [0.4, 0.5) is 0 Å². The smallest absolute Gasteiger partial charge is 0.132 e. The molecule has 0 N–H and O–H groups in total. The standard InChI is InChI=1S/C9H14O/c1-2-3-8-4-6-9(10)7-5-8/h2-3,8H,4-7H2,1H3. The van der Waals surface area contributed by atoms with Crippen molar-refractivity contribution < 1.29 is 4.79 Å². The number of carbonyl (C=O) groups is 1. The van der Waals surface area contributed by atoms with Crippen LogP contribution in [-0.4, -0.2) is 5.78 Å². The van der Waals surface area contributed by atoms with Gasteiger partial charge in [-0.05, 0) is 25.7 Å². The molecule has 0 atom stereocenters. The average molecular weight is 138 g/mol. The van der Waals surface area contributed by atoms with E-state index in [2.05, 4.69) is 12.2 Å². The summed E-state index contributed by atoms with van der Waals surface area (Å²) in [5.41, 5.74) is 0. The summed E-state index contributed by atoms with van der Waals surface area (Å²) in [4.78, 5) is 10.8. The fourth-order valence-electron chi connectivity index (χ4n) is 1.43. The van der Waals surface area contributed by atoms with E-state index >= 15 is 0 Å². The summed E-state index contributed by atoms with van der Waals surface area (Å²) < 4.78 is 0. The zero-order valence-corrected chi connectivity index (χ0v) is 6.47. The minimum atomic E-state index is 0.445. The largest absolute Gasteiger partial charge is 0.300 e. The molecular weight excluding hydrogens is 124 g/mol. The Hall–Kier alpha value is -0.590. The van der Waals surface area contributed by atoms with Crippen LogP contribution in [-0.2, 0) is 4.79 Å². The first-order chi connectivity index (χ1) is 4.83. The summed E-state index contributed by atoms with van der Waals surface area (Å²) in [5, 5.41) is 0. The number of Topliss-reactive ketones (excluding diaryl/α,β-unsaturated/α-hetero) is 1. The van der Waals surface area contributed by atoms with Crippen LogP contribution in [0, 0.1) is 5.92 Å². The van der Waals surface area contributed by atoms with E-state index in [0.29, 0.717) is 11.7 Å². The topological polar surface area (TPSA) is 17.1 Å². The van der Waals surface area contributed by atoms with Crippen molar-refractivity contribution in [3.8, 4) is 0 Å². The molecule has 0 aliphatic heterocycles. The summed E-state index contributed by atoms with van der Waals surface area (Å²) in [6, 6.07) is 0. The average Bonchev–Trinajstić information content (AvgIpc) is 1.95. The second-order valence-electron chi connectivity index (χ2n) is 2.90. The monoisotopic (exact) mass is 138 g/mol. The number of ketones is 1. The van der Waals surface area contributed by atoms with E-state index in [4.69, 9.17) is 0 Å². The van der Waals surface area contributed by atoms with Gasteiger partial charge in [0.1, 0.15) is 5.78 Å². The second kappa shape index (κ2) is 3.55. The van der Waals surface area contributed by atoms with E-state index in [0.717, 1.165) is 25.7 Å². The van der Waals surface area contributed by atoms with Gasteiger partial charge in [-0.3, -0.25) is 4.79 Å². The molecule has 10 heavy (non-hydrogen) atoms. The van der Waals surface area contributed by atoms with Crippen LogP contribution in [0.5, 0.6) is 0 Å². The van der Waals surface area contributed by atoms with Crippen LogP contribution in [0.15, 0.2) is 12.2 Å². The first-order valence-corrected chi connectivity index (χ1v) is 3.97. The maximum atomic E-state index is 10.8. The molecule has 1 saturated carbocycles. The molecule has 56 valence electrons. The highest BCUT2D eigenvalue weighted by Crippen LogP contribution is 2.21. The number of hydrogen-bond donors (Lipinski definition) is 0. The van der Waals surface area contributed by atoms with Crippen molar-refractivity contribution >= 4 is 5.78 Å². The molecule has 0 aromatic rings. The van der Waals surface area contributed by atoms with Crippen molar-refractivity contribution in [1.29, 1.82) is 0 Å². The molecule has 0 aromatic carbocycles. The summed E-state index contributed by atoms with van der Waals surface area (Å²) in [7, 11) is 0. The summed E-state index contributed by atoms with van der Waals surface area (Å²) in [6.45, 7) is 2.04. The molecule has 0 aromatic heterocycles. The second-order valence-corrected chi connectivity index (χ2v) is 2.90. The van der Waals surface area contributed by atoms with Crippen molar-refractivity contribution in [3.63, 3.8) is 0 Å². The molecule has 1 heteroatoms. The van der Waals surface area contributed by atoms with Crippen LogP contribution in [0.3, 0.4) is 0 Å². The van der Waals surface area contributed by atoms with Crippen LogP contribution in [0.25, 0.3) is 0 Å². The van der Waals surface area contributed by atoms with E-state index in [1.54, 1.807) is 0 Å². The molecule has 0 radical (unpaired) electrons. The van der Waals surface area contributed by atoms with E-state index in [1.165, 1.54) is 0 Å². The Bertz CT molecular complexity index is 137. The van der Waals surface area contributed by atoms with Gasteiger partial charge in [-0.2, -0.15) is 0 Å². The minimum absolute atomic E-state index is 0.445. The number of hydrogen-bond acceptors (Lipinski definition) is 1. The van der Waals surface area contributed by atoms with Gasteiger partial charge in [0.2, 0.25) is 0 Å².